The Hall–Kier alpha value is -1.07. The Bertz CT molecular complexity index is 463. The molecule has 0 aliphatic rings. The number of nitrogens with one attached hydrogen (secondary N) is 2. The van der Waals surface area contributed by atoms with Gasteiger partial charge in [-0.1, -0.05) is 0 Å². The maximum atomic E-state index is 5.37. The predicted molar refractivity (Wildman–Crippen MR) is 61.2 cm³/mol. The van der Waals surface area contributed by atoms with Gasteiger partial charge in [0, 0.05) is 4.47 Å². The summed E-state index contributed by atoms with van der Waals surface area (Å²) in [5.41, 5.74) is 8.48. The van der Waals surface area contributed by atoms with E-state index in [1.165, 1.54) is 5.56 Å². The van der Waals surface area contributed by atoms with Gasteiger partial charge in [0.25, 0.3) is 0 Å². The molecular weight excluding hydrogens is 244 g/mol. The molecule has 4 nitrogen and oxygen atoms in total. The van der Waals surface area contributed by atoms with Gasteiger partial charge in [-0.3, -0.25) is 0 Å². The smallest absolute Gasteiger partial charge is 0.202 e. The highest BCUT2D eigenvalue weighted by Crippen LogP contribution is 2.24. The van der Waals surface area contributed by atoms with Crippen LogP contribution in [0, 0.1) is 6.92 Å². The third-order valence-corrected chi connectivity index (χ3v) is 2.56. The summed E-state index contributed by atoms with van der Waals surface area (Å²) < 4.78 is 0.994. The van der Waals surface area contributed by atoms with Gasteiger partial charge in [-0.2, -0.15) is 0 Å². The van der Waals surface area contributed by atoms with Crippen LogP contribution < -0.4 is 11.1 Å². The molecule has 1 aromatic carbocycles. The standard InChI is InChI=1S/C9H11BrN4/c1-5-2-6(10)8-7(3-5)13-9(14-8)12-4-11/h2-3H,4,11H2,1H3,(H2,12,13,14). The first-order valence-corrected chi connectivity index (χ1v) is 5.10. The molecule has 0 atom stereocenters. The largest absolute Gasteiger partial charge is 0.343 e. The summed E-state index contributed by atoms with van der Waals surface area (Å²) in [6.07, 6.45) is 0. The van der Waals surface area contributed by atoms with Crippen molar-refractivity contribution in [2.45, 2.75) is 6.92 Å². The number of hydrogen-bond acceptors (Lipinski definition) is 3. The van der Waals surface area contributed by atoms with Crippen LogP contribution in [0.1, 0.15) is 5.56 Å². The SMILES string of the molecule is Cc1cc(Br)c2nc(NCN)[nH]c2c1. The average molecular weight is 255 g/mol. The van der Waals surface area contributed by atoms with E-state index in [1.54, 1.807) is 0 Å². The van der Waals surface area contributed by atoms with Crippen LogP contribution >= 0.6 is 15.9 Å². The third kappa shape index (κ3) is 1.60. The predicted octanol–water partition coefficient (Wildman–Crippen LogP) is 1.96. The zero-order valence-electron chi connectivity index (χ0n) is 7.76. The molecule has 0 unspecified atom stereocenters. The zero-order chi connectivity index (χ0) is 10.1. The number of nitrogens with zero attached hydrogens (tertiary/aromatic N) is 1. The van der Waals surface area contributed by atoms with Crippen LogP contribution in [0.4, 0.5) is 5.95 Å². The summed E-state index contributed by atoms with van der Waals surface area (Å²) in [6, 6.07) is 4.09. The topological polar surface area (TPSA) is 66.7 Å². The number of hydrogen-bond donors (Lipinski definition) is 3. The minimum Gasteiger partial charge on any atom is -0.343 e. The molecule has 0 spiro atoms. The number of aromatic amines is 1. The van der Waals surface area contributed by atoms with Crippen molar-refractivity contribution in [1.82, 2.24) is 9.97 Å². The zero-order valence-corrected chi connectivity index (χ0v) is 9.35. The summed E-state index contributed by atoms with van der Waals surface area (Å²) in [5.74, 6) is 0.703. The van der Waals surface area contributed by atoms with Crippen LogP contribution in [-0.2, 0) is 0 Å². The normalized spacial score (nSPS) is 10.8. The highest BCUT2D eigenvalue weighted by Gasteiger charge is 2.05. The average Bonchev–Trinajstić information content (AvgIpc) is 2.48. The molecule has 0 aliphatic carbocycles. The fourth-order valence-corrected chi connectivity index (χ4v) is 2.05. The van der Waals surface area contributed by atoms with E-state index in [0.29, 0.717) is 12.6 Å². The van der Waals surface area contributed by atoms with Gasteiger partial charge in [0.1, 0.15) is 5.52 Å². The van der Waals surface area contributed by atoms with Gasteiger partial charge in [-0.25, -0.2) is 4.98 Å². The Balaban J connectivity index is 2.58. The van der Waals surface area contributed by atoms with Crippen LogP contribution in [0.15, 0.2) is 16.6 Å². The number of fused-ring (bicyclic) bond motifs is 1. The highest BCUT2D eigenvalue weighted by molar-refractivity contribution is 9.10. The fraction of sp³-hybridized carbons (Fsp3) is 0.222. The van der Waals surface area contributed by atoms with Gasteiger partial charge in [-0.05, 0) is 40.5 Å². The minimum absolute atomic E-state index is 0.371. The molecule has 0 amide bonds. The number of H-pyrrole nitrogens is 1. The summed E-state index contributed by atoms with van der Waals surface area (Å²) in [6.45, 7) is 2.41. The molecule has 0 radical (unpaired) electrons. The molecule has 0 aliphatic heterocycles. The van der Waals surface area contributed by atoms with Crippen LogP contribution in [0.3, 0.4) is 0 Å². The lowest BCUT2D eigenvalue weighted by Gasteiger charge is -1.94. The first-order chi connectivity index (χ1) is 6.70. The molecule has 0 bridgehead atoms. The first kappa shape index (κ1) is 9.48. The number of nitrogens with two attached hydrogens (primary N) is 1. The second-order valence-corrected chi connectivity index (χ2v) is 3.96. The monoisotopic (exact) mass is 254 g/mol. The molecule has 1 heterocycles. The number of aromatic nitrogens is 2. The van der Waals surface area contributed by atoms with Crippen LogP contribution in [-0.4, -0.2) is 16.6 Å². The maximum absolute atomic E-state index is 5.37. The van der Waals surface area contributed by atoms with E-state index >= 15 is 0 Å². The van der Waals surface area contributed by atoms with Crippen molar-refractivity contribution >= 4 is 32.9 Å². The van der Waals surface area contributed by atoms with Crippen LogP contribution in [0.5, 0.6) is 0 Å². The molecule has 74 valence electrons. The van der Waals surface area contributed by atoms with Gasteiger partial charge in [0.05, 0.1) is 12.2 Å². The number of aryl methyl sites for hydroxylation is 1. The number of imidazole rings is 1. The fourth-order valence-electron chi connectivity index (χ4n) is 1.39. The van der Waals surface area contributed by atoms with Gasteiger partial charge >= 0.3 is 0 Å². The molecule has 0 fully saturated rings. The van der Waals surface area contributed by atoms with Crippen molar-refractivity contribution in [2.24, 2.45) is 5.73 Å². The summed E-state index contributed by atoms with van der Waals surface area (Å²) in [5, 5.41) is 2.93. The van der Waals surface area contributed by atoms with E-state index in [2.05, 4.69) is 37.3 Å². The molecular formula is C9H11BrN4. The maximum Gasteiger partial charge on any atom is 0.202 e. The second-order valence-electron chi connectivity index (χ2n) is 3.11. The molecule has 0 saturated carbocycles. The van der Waals surface area contributed by atoms with E-state index < -0.39 is 0 Å². The molecule has 5 heteroatoms. The van der Waals surface area contributed by atoms with E-state index in [1.807, 2.05) is 13.0 Å². The lowest BCUT2D eigenvalue weighted by Crippen LogP contribution is -2.11. The van der Waals surface area contributed by atoms with Crippen LogP contribution in [0.25, 0.3) is 11.0 Å². The van der Waals surface area contributed by atoms with E-state index in [-0.39, 0.29) is 0 Å². The lowest BCUT2D eigenvalue weighted by atomic mass is 10.2. The van der Waals surface area contributed by atoms with Gasteiger partial charge in [0.15, 0.2) is 0 Å². The Kier molecular flexibility index (Phi) is 2.43. The van der Waals surface area contributed by atoms with Crippen molar-refractivity contribution in [1.29, 1.82) is 0 Å². The van der Waals surface area contributed by atoms with Gasteiger partial charge in [-0.15, -0.1) is 0 Å². The lowest BCUT2D eigenvalue weighted by molar-refractivity contribution is 1.10. The molecule has 2 rings (SSSR count). The number of benzene rings is 1. The first-order valence-electron chi connectivity index (χ1n) is 4.30. The summed E-state index contributed by atoms with van der Waals surface area (Å²) >= 11 is 3.47. The van der Waals surface area contributed by atoms with E-state index in [9.17, 15) is 0 Å². The Labute approximate surface area is 90.0 Å². The van der Waals surface area contributed by atoms with Crippen LogP contribution in [0.2, 0.25) is 0 Å². The van der Waals surface area contributed by atoms with Gasteiger partial charge in [0.2, 0.25) is 5.95 Å². The van der Waals surface area contributed by atoms with Crippen molar-refractivity contribution in [2.75, 3.05) is 12.0 Å². The number of halogens is 1. The van der Waals surface area contributed by atoms with Crippen molar-refractivity contribution in [3.05, 3.63) is 22.2 Å². The second kappa shape index (κ2) is 3.59. The van der Waals surface area contributed by atoms with Gasteiger partial charge < -0.3 is 16.0 Å². The Morgan fingerprint density at radius 1 is 1.57 bits per heavy atom. The van der Waals surface area contributed by atoms with Crippen molar-refractivity contribution < 1.29 is 0 Å². The third-order valence-electron chi connectivity index (χ3n) is 1.95. The quantitative estimate of drug-likeness (QED) is 0.718. The number of rotatable bonds is 2. The summed E-state index contributed by atoms with van der Waals surface area (Å²) in [4.78, 5) is 7.50. The Morgan fingerprint density at radius 3 is 3.07 bits per heavy atom. The van der Waals surface area contributed by atoms with E-state index in [0.717, 1.165) is 15.5 Å². The highest BCUT2D eigenvalue weighted by atomic mass is 79.9. The molecule has 1 aromatic heterocycles. The number of anilines is 1. The van der Waals surface area contributed by atoms with Crippen molar-refractivity contribution in [3.8, 4) is 0 Å². The minimum atomic E-state index is 0.371. The molecule has 0 saturated heterocycles. The summed E-state index contributed by atoms with van der Waals surface area (Å²) in [7, 11) is 0. The van der Waals surface area contributed by atoms with E-state index in [4.69, 9.17) is 5.73 Å². The Morgan fingerprint density at radius 2 is 2.36 bits per heavy atom. The molecule has 4 N–H and O–H groups in total. The molecule has 14 heavy (non-hydrogen) atoms. The molecule has 2 aromatic rings. The van der Waals surface area contributed by atoms with Crippen molar-refractivity contribution in [3.63, 3.8) is 0 Å².